The molecule has 0 aliphatic rings. The van der Waals surface area contributed by atoms with E-state index in [2.05, 4.69) is 11.9 Å². The van der Waals surface area contributed by atoms with Gasteiger partial charge in [-0.25, -0.2) is 4.79 Å². The first-order valence-electron chi connectivity index (χ1n) is 6.63. The zero-order chi connectivity index (χ0) is 15.8. The molecule has 0 aliphatic heterocycles. The quantitative estimate of drug-likeness (QED) is 0.719. The van der Waals surface area contributed by atoms with E-state index in [1.54, 1.807) is 37.3 Å². The number of nitrogens with one attached hydrogen (secondary N) is 1. The van der Waals surface area contributed by atoms with Crippen LogP contribution in [0.25, 0.3) is 0 Å². The maximum Gasteiger partial charge on any atom is 0.326 e. The second-order valence-corrected chi connectivity index (χ2v) is 6.07. The number of carbonyl (C=O) groups excluding carboxylic acids is 1. The largest absolute Gasteiger partial charge is 0.480 e. The van der Waals surface area contributed by atoms with Crippen molar-refractivity contribution >= 4 is 22.7 Å². The molecule has 2 N–H and O–H groups in total. The van der Waals surface area contributed by atoms with Gasteiger partial charge in [0.1, 0.15) is 6.04 Å². The fourth-order valence-corrected chi connectivity index (χ4v) is 2.73. The Hall–Kier alpha value is -1.95. The molecule has 2 atom stereocenters. The van der Waals surface area contributed by atoms with E-state index in [1.165, 1.54) is 0 Å². The Morgan fingerprint density at radius 1 is 1.43 bits per heavy atom. The highest BCUT2D eigenvalue weighted by Crippen LogP contribution is 2.14. The molecule has 0 heterocycles. The third-order valence-electron chi connectivity index (χ3n) is 2.90. The van der Waals surface area contributed by atoms with E-state index >= 15 is 0 Å². The average Bonchev–Trinajstić information content (AvgIpc) is 2.50. The van der Waals surface area contributed by atoms with Crippen molar-refractivity contribution in [3.05, 3.63) is 42.5 Å². The molecule has 1 aromatic rings. The minimum atomic E-state index is -1.28. The monoisotopic (exact) mass is 309 g/mol. The number of hydrogen-bond donors (Lipinski definition) is 2. The van der Waals surface area contributed by atoms with Crippen LogP contribution in [0.4, 0.5) is 0 Å². The minimum absolute atomic E-state index is 0.252. The molecule has 5 nitrogen and oxygen atoms in total. The van der Waals surface area contributed by atoms with Crippen LogP contribution in [-0.4, -0.2) is 33.0 Å². The molecule has 0 aromatic heterocycles. The number of benzene rings is 1. The summed E-state index contributed by atoms with van der Waals surface area (Å²) in [6.45, 7) is 5.29. The molecule has 0 saturated carbocycles. The van der Waals surface area contributed by atoms with Gasteiger partial charge in [0.25, 0.3) is 5.91 Å². The molecule has 0 fully saturated rings. The number of hydrogen-bond acceptors (Lipinski definition) is 3. The Labute approximate surface area is 126 Å². The summed E-state index contributed by atoms with van der Waals surface area (Å²) < 4.78 is 11.9. The predicted octanol–water partition coefficient (Wildman–Crippen LogP) is 1.96. The summed E-state index contributed by atoms with van der Waals surface area (Å²) in [6.07, 6.45) is 2.35. The zero-order valence-electron chi connectivity index (χ0n) is 11.9. The molecule has 0 spiro atoms. The van der Waals surface area contributed by atoms with Gasteiger partial charge in [0.2, 0.25) is 0 Å². The number of allylic oxidation sites excluding steroid dienone is 1. The van der Waals surface area contributed by atoms with Gasteiger partial charge in [0.05, 0.1) is 21.3 Å². The summed E-state index contributed by atoms with van der Waals surface area (Å²) in [6, 6.07) is 5.54. The van der Waals surface area contributed by atoms with Crippen LogP contribution in [0.1, 0.15) is 30.1 Å². The molecule has 1 amide bonds. The second kappa shape index (κ2) is 8.36. The lowest BCUT2D eigenvalue weighted by molar-refractivity contribution is -0.139. The van der Waals surface area contributed by atoms with Crippen molar-refractivity contribution in [2.45, 2.75) is 30.7 Å². The summed E-state index contributed by atoms with van der Waals surface area (Å²) in [7, 11) is -1.28. The number of rotatable bonds is 8. The topological polar surface area (TPSA) is 83.5 Å². The molecule has 0 radical (unpaired) electrons. The number of carboxylic acid groups (broad SMARTS) is 1. The van der Waals surface area contributed by atoms with Crippen molar-refractivity contribution in [1.29, 1.82) is 0 Å². The first kappa shape index (κ1) is 17.1. The standard InChI is InChI=1S/C15H19NO4S/c1-3-5-9-12(15(18)19)16-14(17)11-8-6-7-10-13(11)21(20)4-2/h3,6-8,10,12H,1,4-5,9H2,2H3,(H,16,17)(H,18,19). The van der Waals surface area contributed by atoms with Crippen molar-refractivity contribution in [3.8, 4) is 0 Å². The van der Waals surface area contributed by atoms with E-state index in [0.717, 1.165) is 0 Å². The van der Waals surface area contributed by atoms with Crippen LogP contribution in [0, 0.1) is 0 Å². The number of carbonyl (C=O) groups is 2. The van der Waals surface area contributed by atoms with Crippen molar-refractivity contribution in [1.82, 2.24) is 5.32 Å². The first-order chi connectivity index (χ1) is 10.0. The lowest BCUT2D eigenvalue weighted by Gasteiger charge is -2.15. The fourth-order valence-electron chi connectivity index (χ4n) is 1.79. The van der Waals surface area contributed by atoms with E-state index in [1.807, 2.05) is 0 Å². The van der Waals surface area contributed by atoms with E-state index in [0.29, 0.717) is 17.1 Å². The molecule has 1 aromatic carbocycles. The SMILES string of the molecule is C=CCCC(NC(=O)c1ccccc1S(=O)CC)C(=O)O. The summed E-state index contributed by atoms with van der Waals surface area (Å²) in [5.41, 5.74) is 0.252. The molecular formula is C15H19NO4S. The lowest BCUT2D eigenvalue weighted by atomic mass is 10.1. The van der Waals surface area contributed by atoms with Gasteiger partial charge in [-0.1, -0.05) is 25.1 Å². The zero-order valence-corrected chi connectivity index (χ0v) is 12.7. The lowest BCUT2D eigenvalue weighted by Crippen LogP contribution is -2.41. The molecule has 2 unspecified atom stereocenters. The number of amides is 1. The van der Waals surface area contributed by atoms with Gasteiger partial charge >= 0.3 is 5.97 Å². The van der Waals surface area contributed by atoms with Crippen LogP contribution < -0.4 is 5.32 Å². The summed E-state index contributed by atoms with van der Waals surface area (Å²) in [4.78, 5) is 23.8. The second-order valence-electron chi connectivity index (χ2n) is 4.36. The summed E-state index contributed by atoms with van der Waals surface area (Å²) >= 11 is 0. The smallest absolute Gasteiger partial charge is 0.326 e. The van der Waals surface area contributed by atoms with Crippen LogP contribution in [0.2, 0.25) is 0 Å². The highest BCUT2D eigenvalue weighted by Gasteiger charge is 2.22. The van der Waals surface area contributed by atoms with E-state index in [9.17, 15) is 13.8 Å². The number of carboxylic acids is 1. The Morgan fingerprint density at radius 2 is 2.10 bits per heavy atom. The van der Waals surface area contributed by atoms with Gasteiger partial charge in [0, 0.05) is 5.75 Å². The van der Waals surface area contributed by atoms with E-state index in [4.69, 9.17) is 5.11 Å². The van der Waals surface area contributed by atoms with Crippen LogP contribution in [-0.2, 0) is 15.6 Å². The minimum Gasteiger partial charge on any atom is -0.480 e. The number of aliphatic carboxylic acids is 1. The summed E-state index contributed by atoms with van der Waals surface area (Å²) in [5, 5.41) is 11.6. The van der Waals surface area contributed by atoms with Gasteiger partial charge in [-0.3, -0.25) is 9.00 Å². The predicted molar refractivity (Wildman–Crippen MR) is 81.7 cm³/mol. The maximum atomic E-state index is 12.2. The van der Waals surface area contributed by atoms with Gasteiger partial charge in [-0.05, 0) is 25.0 Å². The van der Waals surface area contributed by atoms with Crippen molar-refractivity contribution in [2.75, 3.05) is 5.75 Å². The fraction of sp³-hybridized carbons (Fsp3) is 0.333. The van der Waals surface area contributed by atoms with E-state index in [-0.39, 0.29) is 12.0 Å². The molecule has 0 aliphatic carbocycles. The van der Waals surface area contributed by atoms with Crippen molar-refractivity contribution in [3.63, 3.8) is 0 Å². The third kappa shape index (κ3) is 4.82. The Kier molecular flexibility index (Phi) is 6.81. The van der Waals surface area contributed by atoms with Crippen molar-refractivity contribution < 1.29 is 18.9 Å². The normalized spacial score (nSPS) is 13.2. The maximum absolute atomic E-state index is 12.2. The first-order valence-corrected chi connectivity index (χ1v) is 7.95. The van der Waals surface area contributed by atoms with Gasteiger partial charge in [-0.15, -0.1) is 6.58 Å². The Balaban J connectivity index is 2.95. The highest BCUT2D eigenvalue weighted by molar-refractivity contribution is 7.85. The van der Waals surface area contributed by atoms with Gasteiger partial charge < -0.3 is 10.4 Å². The molecule has 114 valence electrons. The van der Waals surface area contributed by atoms with Crippen LogP contribution in [0.3, 0.4) is 0 Å². The average molecular weight is 309 g/mol. The third-order valence-corrected chi connectivity index (χ3v) is 4.27. The van der Waals surface area contributed by atoms with Gasteiger partial charge in [-0.2, -0.15) is 0 Å². The molecule has 6 heteroatoms. The molecule has 0 saturated heterocycles. The molecule has 1 rings (SSSR count). The van der Waals surface area contributed by atoms with Crippen LogP contribution in [0.15, 0.2) is 41.8 Å². The van der Waals surface area contributed by atoms with Gasteiger partial charge in [0.15, 0.2) is 0 Å². The van der Waals surface area contributed by atoms with Crippen LogP contribution in [0.5, 0.6) is 0 Å². The molecule has 21 heavy (non-hydrogen) atoms. The van der Waals surface area contributed by atoms with Crippen LogP contribution >= 0.6 is 0 Å². The Bertz CT molecular complexity index is 556. The Morgan fingerprint density at radius 3 is 2.67 bits per heavy atom. The highest BCUT2D eigenvalue weighted by atomic mass is 32.2. The molecule has 0 bridgehead atoms. The molecular weight excluding hydrogens is 290 g/mol. The summed E-state index contributed by atoms with van der Waals surface area (Å²) in [5.74, 6) is -1.23. The van der Waals surface area contributed by atoms with E-state index < -0.39 is 28.7 Å². The van der Waals surface area contributed by atoms with Crippen molar-refractivity contribution in [2.24, 2.45) is 0 Å².